The molecule has 0 bridgehead atoms. The zero-order chi connectivity index (χ0) is 20.6. The lowest BCUT2D eigenvalue weighted by molar-refractivity contribution is 0.0410. The molecule has 8 nitrogen and oxygen atoms in total. The second-order valence-electron chi connectivity index (χ2n) is 6.29. The molecule has 1 aliphatic heterocycles. The number of esters is 1. The minimum atomic E-state index is -0.788. The summed E-state index contributed by atoms with van der Waals surface area (Å²) in [5, 5.41) is 0.255. The lowest BCUT2D eigenvalue weighted by Gasteiger charge is -2.26. The van der Waals surface area contributed by atoms with E-state index in [1.165, 1.54) is 18.0 Å². The van der Waals surface area contributed by atoms with Gasteiger partial charge < -0.3 is 9.47 Å². The number of ether oxygens (including phenoxy) is 2. The average molecular weight is 417 g/mol. The van der Waals surface area contributed by atoms with Gasteiger partial charge in [-0.15, -0.1) is 0 Å². The van der Waals surface area contributed by atoms with Crippen LogP contribution in [0.4, 0.5) is 0 Å². The number of thioether (sulfide) groups is 1. The maximum absolute atomic E-state index is 13.0. The van der Waals surface area contributed by atoms with Gasteiger partial charge in [0.15, 0.2) is 5.16 Å². The number of morpholine rings is 1. The first-order valence-corrected chi connectivity index (χ1v) is 10.4. The number of hydrogen-bond acceptors (Lipinski definition) is 8. The highest BCUT2D eigenvalue weighted by Gasteiger charge is 2.22. The topological polar surface area (TPSA) is 90.7 Å². The van der Waals surface area contributed by atoms with Crippen LogP contribution in [0.1, 0.15) is 27.6 Å². The Kier molecular flexibility index (Phi) is 7.56. The zero-order valence-corrected chi connectivity index (χ0v) is 17.0. The summed E-state index contributed by atoms with van der Waals surface area (Å²) in [6.45, 7) is 5.67. The molecule has 3 rings (SSSR count). The predicted molar refractivity (Wildman–Crippen MR) is 109 cm³/mol. The molecule has 1 saturated heterocycles. The van der Waals surface area contributed by atoms with Crippen LogP contribution in [0.2, 0.25) is 0 Å². The maximum atomic E-state index is 13.0. The number of carbonyl (C=O) groups excluding carboxylic acids is 2. The van der Waals surface area contributed by atoms with Gasteiger partial charge in [-0.1, -0.05) is 30.0 Å². The highest BCUT2D eigenvalue weighted by Crippen LogP contribution is 2.16. The molecule has 0 spiro atoms. The molecule has 0 unspecified atom stereocenters. The van der Waals surface area contributed by atoms with Crippen molar-refractivity contribution < 1.29 is 19.1 Å². The number of carbonyl (C=O) groups is 2. The zero-order valence-electron chi connectivity index (χ0n) is 16.2. The van der Waals surface area contributed by atoms with E-state index in [-0.39, 0.29) is 17.3 Å². The highest BCUT2D eigenvalue weighted by atomic mass is 32.2. The van der Waals surface area contributed by atoms with E-state index in [2.05, 4.69) is 9.88 Å². The van der Waals surface area contributed by atoms with Crippen LogP contribution in [0.25, 0.3) is 0 Å². The van der Waals surface area contributed by atoms with Crippen molar-refractivity contribution >= 4 is 23.6 Å². The number of aromatic nitrogens is 2. The number of rotatable bonds is 7. The van der Waals surface area contributed by atoms with Crippen molar-refractivity contribution in [2.45, 2.75) is 12.1 Å². The molecule has 1 aromatic heterocycles. The van der Waals surface area contributed by atoms with Crippen LogP contribution in [0.15, 0.2) is 46.5 Å². The largest absolute Gasteiger partial charge is 0.462 e. The molecule has 2 heterocycles. The van der Waals surface area contributed by atoms with Gasteiger partial charge in [0.2, 0.25) is 0 Å². The van der Waals surface area contributed by atoms with Crippen molar-refractivity contribution in [3.63, 3.8) is 0 Å². The van der Waals surface area contributed by atoms with Gasteiger partial charge in [0.25, 0.3) is 11.5 Å². The summed E-state index contributed by atoms with van der Waals surface area (Å²) in [7, 11) is 0. The van der Waals surface area contributed by atoms with Crippen molar-refractivity contribution in [2.75, 3.05) is 45.2 Å². The van der Waals surface area contributed by atoms with Crippen molar-refractivity contribution in [3.05, 3.63) is 58.0 Å². The van der Waals surface area contributed by atoms with Gasteiger partial charge >= 0.3 is 5.97 Å². The lowest BCUT2D eigenvalue weighted by Crippen LogP contribution is -2.38. The second-order valence-corrected chi connectivity index (χ2v) is 7.35. The van der Waals surface area contributed by atoms with Gasteiger partial charge in [-0.25, -0.2) is 14.3 Å². The Bertz CT molecular complexity index is 910. The summed E-state index contributed by atoms with van der Waals surface area (Å²) in [4.78, 5) is 44.5. The summed E-state index contributed by atoms with van der Waals surface area (Å²) >= 11 is 1.31. The molecular formula is C20H23N3O5S. The van der Waals surface area contributed by atoms with Crippen molar-refractivity contribution in [2.24, 2.45) is 0 Å². The first-order chi connectivity index (χ1) is 14.1. The molecule has 9 heteroatoms. The van der Waals surface area contributed by atoms with Crippen molar-refractivity contribution in [3.8, 4) is 0 Å². The molecular weight excluding hydrogens is 394 g/mol. The number of nitrogens with zero attached hydrogens (tertiary/aromatic N) is 3. The van der Waals surface area contributed by atoms with Crippen molar-refractivity contribution in [1.29, 1.82) is 0 Å². The summed E-state index contributed by atoms with van der Waals surface area (Å²) < 4.78 is 11.2. The third-order valence-corrected chi connectivity index (χ3v) is 5.32. The summed E-state index contributed by atoms with van der Waals surface area (Å²) in [5.41, 5.74) is -0.637. The molecule has 2 aromatic rings. The van der Waals surface area contributed by atoms with E-state index in [0.717, 1.165) is 24.2 Å². The summed E-state index contributed by atoms with van der Waals surface area (Å²) in [6, 6.07) is 8.45. The minimum Gasteiger partial charge on any atom is -0.462 e. The van der Waals surface area contributed by atoms with Crippen LogP contribution in [0.3, 0.4) is 0 Å². The molecule has 0 N–H and O–H groups in total. The van der Waals surface area contributed by atoms with Gasteiger partial charge in [-0.3, -0.25) is 14.5 Å². The number of benzene rings is 1. The molecule has 29 heavy (non-hydrogen) atoms. The second kappa shape index (κ2) is 10.3. The molecule has 154 valence electrons. The Balaban J connectivity index is 1.87. The quantitative estimate of drug-likeness (QED) is 0.381. The van der Waals surface area contributed by atoms with Crippen molar-refractivity contribution in [1.82, 2.24) is 14.5 Å². The Morgan fingerprint density at radius 3 is 2.62 bits per heavy atom. The van der Waals surface area contributed by atoms with Crippen LogP contribution in [-0.4, -0.2) is 71.5 Å². The van der Waals surface area contributed by atoms with Crippen LogP contribution in [0.5, 0.6) is 0 Å². The van der Waals surface area contributed by atoms with Crippen LogP contribution >= 0.6 is 11.8 Å². The van der Waals surface area contributed by atoms with E-state index in [4.69, 9.17) is 9.47 Å². The molecule has 1 aromatic carbocycles. The fraction of sp³-hybridized carbons (Fsp3) is 0.400. The first kappa shape index (κ1) is 21.2. The van der Waals surface area contributed by atoms with E-state index in [0.29, 0.717) is 24.5 Å². The Morgan fingerprint density at radius 1 is 1.21 bits per heavy atom. The normalized spacial score (nSPS) is 14.5. The molecule has 0 saturated carbocycles. The SMILES string of the molecule is CCOC(=O)c1cnc(SCCN2CCOCC2)n(C(=O)c2ccccc2)c1=O. The smallest absolute Gasteiger partial charge is 0.345 e. The third-order valence-electron chi connectivity index (χ3n) is 4.39. The average Bonchev–Trinajstić information content (AvgIpc) is 2.75. The summed E-state index contributed by atoms with van der Waals surface area (Å²) in [6.07, 6.45) is 1.19. The lowest BCUT2D eigenvalue weighted by atomic mass is 10.2. The van der Waals surface area contributed by atoms with Gasteiger partial charge in [-0.2, -0.15) is 0 Å². The van der Waals surface area contributed by atoms with Gasteiger partial charge in [-0.05, 0) is 19.1 Å². The van der Waals surface area contributed by atoms with E-state index in [1.54, 1.807) is 37.3 Å². The Hall–Kier alpha value is -2.49. The molecule has 1 fully saturated rings. The van der Waals surface area contributed by atoms with Gasteiger partial charge in [0.05, 0.1) is 26.0 Å². The molecule has 0 amide bonds. The van der Waals surface area contributed by atoms with Gasteiger partial charge in [0.1, 0.15) is 5.56 Å². The monoisotopic (exact) mass is 417 g/mol. The third kappa shape index (κ3) is 5.31. The Morgan fingerprint density at radius 2 is 1.93 bits per heavy atom. The maximum Gasteiger partial charge on any atom is 0.345 e. The van der Waals surface area contributed by atoms with E-state index in [9.17, 15) is 14.4 Å². The molecule has 0 atom stereocenters. The van der Waals surface area contributed by atoms with Crippen LogP contribution in [-0.2, 0) is 9.47 Å². The Labute approximate surface area is 172 Å². The minimum absolute atomic E-state index is 0.126. The van der Waals surface area contributed by atoms with E-state index < -0.39 is 17.4 Å². The number of hydrogen-bond donors (Lipinski definition) is 0. The standard InChI is InChI=1S/C20H23N3O5S/c1-2-28-19(26)16-14-21-20(29-13-10-22-8-11-27-12-9-22)23(18(16)25)17(24)15-6-4-3-5-7-15/h3-7,14H,2,8-13H2,1H3. The molecule has 1 aliphatic rings. The molecule has 0 radical (unpaired) electrons. The van der Waals surface area contributed by atoms with Gasteiger partial charge in [0, 0.05) is 31.0 Å². The highest BCUT2D eigenvalue weighted by molar-refractivity contribution is 7.99. The van der Waals surface area contributed by atoms with Crippen LogP contribution < -0.4 is 5.56 Å². The van der Waals surface area contributed by atoms with Crippen LogP contribution in [0, 0.1) is 0 Å². The first-order valence-electron chi connectivity index (χ1n) is 9.43. The fourth-order valence-electron chi connectivity index (χ4n) is 2.87. The fourth-order valence-corrected chi connectivity index (χ4v) is 3.82. The van der Waals surface area contributed by atoms with E-state index in [1.807, 2.05) is 0 Å². The summed E-state index contributed by atoms with van der Waals surface area (Å²) in [5.74, 6) is -0.666. The predicted octanol–water partition coefficient (Wildman–Crippen LogP) is 1.53. The molecule has 0 aliphatic carbocycles. The van der Waals surface area contributed by atoms with E-state index >= 15 is 0 Å².